The molecule has 17 rings (SSSR count). The van der Waals surface area contributed by atoms with E-state index >= 15 is 0 Å². The van der Waals surface area contributed by atoms with Crippen LogP contribution in [0.4, 0.5) is 0 Å². The monoisotopic (exact) mass is 1410 g/mol. The number of benzene rings is 2. The van der Waals surface area contributed by atoms with Crippen molar-refractivity contribution in [2.24, 2.45) is 0 Å². The summed E-state index contributed by atoms with van der Waals surface area (Å²) >= 11 is 0. The van der Waals surface area contributed by atoms with E-state index in [1.807, 2.05) is 0 Å². The molecule has 6 aliphatic rings. The van der Waals surface area contributed by atoms with Crippen molar-refractivity contribution in [3.63, 3.8) is 0 Å². The van der Waals surface area contributed by atoms with Crippen molar-refractivity contribution in [3.8, 4) is 22.3 Å². The molecule has 9 aromatic heterocycles. The van der Waals surface area contributed by atoms with Crippen LogP contribution in [0.25, 0.3) is 159 Å². The van der Waals surface area contributed by atoms with Gasteiger partial charge in [-0.1, -0.05) is 102 Å². The molecule has 0 aliphatic carbocycles. The van der Waals surface area contributed by atoms with Crippen LogP contribution in [0.2, 0.25) is 0 Å². The highest BCUT2D eigenvalue weighted by molar-refractivity contribution is 6.04. The number of fused-ring (bicyclic) bond motifs is 24. The third-order valence-corrected chi connectivity index (χ3v) is 22.5. The predicted octanol–water partition coefficient (Wildman–Crippen LogP) is 24.7. The van der Waals surface area contributed by atoms with Crippen LogP contribution in [0.3, 0.4) is 0 Å². The second-order valence-electron chi connectivity index (χ2n) is 30.2. The molecule has 0 radical (unpaired) electrons. The zero-order valence-electron chi connectivity index (χ0n) is 63.5. The van der Waals surface area contributed by atoms with E-state index in [0.717, 1.165) is 260 Å². The second-order valence-corrected chi connectivity index (χ2v) is 30.2. The van der Waals surface area contributed by atoms with Crippen molar-refractivity contribution in [2.45, 2.75) is 158 Å². The lowest BCUT2D eigenvalue weighted by Crippen LogP contribution is -1.93. The lowest BCUT2D eigenvalue weighted by Gasteiger charge is -2.10. The topological polar surface area (TPSA) is 172 Å². The average Bonchev–Trinajstić information content (AvgIpc) is 1.59. The van der Waals surface area contributed by atoms with Crippen molar-refractivity contribution in [1.29, 1.82) is 0 Å². The molecule has 6 N–H and O–H groups in total. The Balaban J connectivity index is 0.788. The Bertz CT molecular complexity index is 5780. The molecule has 24 bridgehead atoms. The molecule has 0 spiro atoms. The number of rotatable bonds is 20. The number of H-pyrrole nitrogens is 6. The van der Waals surface area contributed by atoms with Gasteiger partial charge >= 0.3 is 0 Å². The zero-order valence-corrected chi connectivity index (χ0v) is 63.5. The summed E-state index contributed by atoms with van der Waals surface area (Å²) in [5.41, 5.74) is 44.1. The van der Waals surface area contributed by atoms with E-state index in [2.05, 4.69) is 279 Å². The molecular weight excluding hydrogens is 1320 g/mol. The van der Waals surface area contributed by atoms with E-state index in [1.165, 1.54) is 66.8 Å². The SMILES string of the molecule is CCCCC1=C(C)c2nc1cc1[nH]c(c(C)c1CCCC)c(-c1ccc(CCc3cc4cc5nc(cc6ccc(cc7nc(cc3[nH]4)C=C7)[nH]6)C=C5)cc1)c1nc(cc3[nH]c(c(C)c3CCCC)c2-c2ccc(CCc3cc4cc5nc(cc6ccc(cc7nc(cc3[nH]4)C=C7)[nH]6)C=C5)cc2)C(CCCC)=C1C. The minimum atomic E-state index is 0.836. The molecule has 0 saturated heterocycles. The van der Waals surface area contributed by atoms with Crippen molar-refractivity contribution >= 4 is 137 Å². The summed E-state index contributed by atoms with van der Waals surface area (Å²) in [5.74, 6) is 0. The third-order valence-electron chi connectivity index (χ3n) is 22.5. The Morgan fingerprint density at radius 3 is 0.944 bits per heavy atom. The van der Waals surface area contributed by atoms with Crippen LogP contribution in [0.1, 0.15) is 219 Å². The maximum absolute atomic E-state index is 5.96. The molecule has 0 unspecified atom stereocenters. The molecule has 2 aromatic carbocycles. The van der Waals surface area contributed by atoms with Crippen LogP contribution in [0.15, 0.2) is 146 Å². The Labute approximate surface area is 632 Å². The minimum absolute atomic E-state index is 0.836. The molecule has 0 atom stereocenters. The van der Waals surface area contributed by atoms with Gasteiger partial charge in [-0.25, -0.2) is 29.9 Å². The number of unbranched alkanes of at least 4 members (excludes halogenated alkanes) is 4. The molecule has 0 amide bonds. The highest BCUT2D eigenvalue weighted by Crippen LogP contribution is 2.45. The fraction of sp³-hybridized carbons (Fsp3) is 0.250. The van der Waals surface area contributed by atoms with Gasteiger partial charge in [0.25, 0.3) is 0 Å². The van der Waals surface area contributed by atoms with E-state index < -0.39 is 0 Å². The van der Waals surface area contributed by atoms with Gasteiger partial charge in [0.15, 0.2) is 0 Å². The van der Waals surface area contributed by atoms with E-state index in [0.29, 0.717) is 0 Å². The van der Waals surface area contributed by atoms with Gasteiger partial charge in [0.1, 0.15) is 0 Å². The van der Waals surface area contributed by atoms with Crippen molar-refractivity contribution in [1.82, 2.24) is 59.8 Å². The van der Waals surface area contributed by atoms with Crippen molar-refractivity contribution < 1.29 is 0 Å². The smallest absolute Gasteiger partial charge is 0.0769 e. The number of aryl methyl sites for hydroxylation is 8. The van der Waals surface area contributed by atoms with Crippen LogP contribution >= 0.6 is 0 Å². The highest BCUT2D eigenvalue weighted by Gasteiger charge is 2.27. The van der Waals surface area contributed by atoms with Crippen LogP contribution in [0.5, 0.6) is 0 Å². The van der Waals surface area contributed by atoms with E-state index in [1.54, 1.807) is 0 Å². The molecule has 0 fully saturated rings. The molecule has 538 valence electrons. The molecule has 11 aromatic rings. The van der Waals surface area contributed by atoms with Gasteiger partial charge in [0, 0.05) is 66.3 Å². The van der Waals surface area contributed by atoms with E-state index in [-0.39, 0.29) is 0 Å². The molecule has 108 heavy (non-hydrogen) atoms. The van der Waals surface area contributed by atoms with E-state index in [9.17, 15) is 0 Å². The van der Waals surface area contributed by atoms with Crippen LogP contribution in [-0.2, 0) is 38.5 Å². The first-order chi connectivity index (χ1) is 52.8. The van der Waals surface area contributed by atoms with Crippen molar-refractivity contribution in [2.75, 3.05) is 0 Å². The maximum atomic E-state index is 5.96. The summed E-state index contributed by atoms with van der Waals surface area (Å²) in [6.45, 7) is 18.6. The Hall–Kier alpha value is -11.8. The number of hydrogen-bond donors (Lipinski definition) is 6. The molecule has 12 nitrogen and oxygen atoms in total. The zero-order chi connectivity index (χ0) is 73.5. The summed E-state index contributed by atoms with van der Waals surface area (Å²) in [6, 6.07) is 53.6. The summed E-state index contributed by atoms with van der Waals surface area (Å²) < 4.78 is 0. The first-order valence-electron chi connectivity index (χ1n) is 39.4. The Morgan fingerprint density at radius 1 is 0.278 bits per heavy atom. The van der Waals surface area contributed by atoms with Gasteiger partial charge in [0.2, 0.25) is 0 Å². The first-order valence-corrected chi connectivity index (χ1v) is 39.4. The lowest BCUT2D eigenvalue weighted by atomic mass is 9.93. The van der Waals surface area contributed by atoms with E-state index in [4.69, 9.17) is 29.9 Å². The summed E-state index contributed by atoms with van der Waals surface area (Å²) in [6.07, 6.45) is 32.5. The summed E-state index contributed by atoms with van der Waals surface area (Å²) in [5, 5.41) is 0. The number of aromatic nitrogens is 12. The Morgan fingerprint density at radius 2 is 0.602 bits per heavy atom. The van der Waals surface area contributed by atoms with Crippen LogP contribution in [0, 0.1) is 13.8 Å². The Kier molecular flexibility index (Phi) is 19.2. The molecule has 12 heteroatoms. The molecule has 15 heterocycles. The third kappa shape index (κ3) is 14.2. The maximum Gasteiger partial charge on any atom is 0.0769 e. The normalized spacial score (nSPS) is 13.2. The van der Waals surface area contributed by atoms with Crippen LogP contribution < -0.4 is 0 Å². The van der Waals surface area contributed by atoms with Crippen LogP contribution in [-0.4, -0.2) is 59.8 Å². The van der Waals surface area contributed by atoms with Crippen molar-refractivity contribution in [3.05, 3.63) is 258 Å². The van der Waals surface area contributed by atoms with Gasteiger partial charge < -0.3 is 29.9 Å². The number of nitrogens with one attached hydrogen (secondary N) is 6. The number of aromatic amines is 6. The minimum Gasteiger partial charge on any atom is -0.355 e. The first kappa shape index (κ1) is 69.3. The quantitative estimate of drug-likeness (QED) is 0.0443. The largest absolute Gasteiger partial charge is 0.355 e. The lowest BCUT2D eigenvalue weighted by molar-refractivity contribution is 0.796. The molecular formula is C96H94N12. The highest BCUT2D eigenvalue weighted by atomic mass is 14.8. The summed E-state index contributed by atoms with van der Waals surface area (Å²) in [7, 11) is 0. The molecule has 0 saturated carbocycles. The van der Waals surface area contributed by atoms with Gasteiger partial charge in [-0.05, 0) is 328 Å². The fourth-order valence-corrected chi connectivity index (χ4v) is 16.6. The predicted molar refractivity (Wildman–Crippen MR) is 455 cm³/mol. The number of allylic oxidation sites excluding steroid dienone is 4. The average molecular weight is 1420 g/mol. The summed E-state index contributed by atoms with van der Waals surface area (Å²) in [4.78, 5) is 54.9. The van der Waals surface area contributed by atoms with Gasteiger partial charge in [-0.15, -0.1) is 0 Å². The standard InChI is InChI=1S/C96H94N12/c1-9-13-17-81-57(5)93-91(63-27-21-61(22-28-63)25-31-65-45-79-51-75-39-37-71(99-75)47-67-33-35-69(97-67)49-73-41-43-77(101-73)53-85(65)103-79)94-59(7)83(19-15-11-3)89(107-94)56-90-84(20-16-12-4)60(8)96(108-90)92(95-58(6)82(18-14-10-2)88(106-95)55-87(81)105-93)64-29-23-62(24-30-64)26-32-66-46-80-52-76-40-38-72(100-76)48-68-34-36-70(98-68)50-74-42-44-78(102-74)54-86(66)104-80/h21-24,27-30,33-56,97-98,103-105,108H,9-20,25-26,31-32H2,1-8H3. The number of hydrogen-bond acceptors (Lipinski definition) is 6. The second kappa shape index (κ2) is 29.9. The fourth-order valence-electron chi connectivity index (χ4n) is 16.6. The van der Waals surface area contributed by atoms with Gasteiger partial charge in [-0.2, -0.15) is 0 Å². The molecule has 6 aliphatic heterocycles. The number of nitrogens with zero attached hydrogens (tertiary/aromatic N) is 6. The van der Waals surface area contributed by atoms with Gasteiger partial charge in [0.05, 0.1) is 79.4 Å². The van der Waals surface area contributed by atoms with Gasteiger partial charge in [-0.3, -0.25) is 0 Å².